The third-order valence-electron chi connectivity index (χ3n) is 2.66. The van der Waals surface area contributed by atoms with E-state index in [1.807, 2.05) is 4.98 Å². The first-order valence-electron chi connectivity index (χ1n) is 6.19. The summed E-state index contributed by atoms with van der Waals surface area (Å²) >= 11 is 0. The van der Waals surface area contributed by atoms with Crippen molar-refractivity contribution in [3.8, 4) is 0 Å². The summed E-state index contributed by atoms with van der Waals surface area (Å²) < 4.78 is 37.9. The van der Waals surface area contributed by atoms with Crippen LogP contribution in [0.15, 0.2) is 21.9 Å². The molecule has 0 atom stereocenters. The molecule has 2 rings (SSSR count). The monoisotopic (exact) mass is 329 g/mol. The number of rotatable bonds is 3. The first-order valence-corrected chi connectivity index (χ1v) is 6.19. The van der Waals surface area contributed by atoms with Crippen molar-refractivity contribution in [3.63, 3.8) is 0 Å². The Bertz CT molecular complexity index is 856. The quantitative estimate of drug-likeness (QED) is 0.738. The molecule has 8 nitrogen and oxygen atoms in total. The van der Waals surface area contributed by atoms with Gasteiger partial charge in [0, 0.05) is 11.9 Å². The zero-order chi connectivity index (χ0) is 17.2. The van der Waals surface area contributed by atoms with Crippen molar-refractivity contribution >= 4 is 5.91 Å². The molecule has 0 unspecified atom stereocenters. The van der Waals surface area contributed by atoms with E-state index in [-0.39, 0.29) is 11.5 Å². The van der Waals surface area contributed by atoms with Crippen LogP contribution in [-0.2, 0) is 12.7 Å². The van der Waals surface area contributed by atoms with Crippen LogP contribution >= 0.6 is 0 Å². The Balaban J connectivity index is 2.17. The number of H-pyrrole nitrogens is 2. The molecule has 2 aromatic rings. The number of hydrogen-bond acceptors (Lipinski definition) is 5. The van der Waals surface area contributed by atoms with Crippen molar-refractivity contribution in [2.24, 2.45) is 0 Å². The van der Waals surface area contributed by atoms with Gasteiger partial charge < -0.3 is 10.3 Å². The normalized spacial score (nSPS) is 11.3. The number of hydrogen-bond donors (Lipinski definition) is 3. The van der Waals surface area contributed by atoms with E-state index in [2.05, 4.69) is 20.3 Å². The largest absolute Gasteiger partial charge is 0.433 e. The Morgan fingerprint density at radius 3 is 2.61 bits per heavy atom. The molecule has 3 N–H and O–H groups in total. The molecule has 2 aromatic heterocycles. The average Bonchev–Trinajstić information content (AvgIpc) is 2.43. The fourth-order valence-electron chi connectivity index (χ4n) is 1.69. The highest BCUT2D eigenvalue weighted by Crippen LogP contribution is 2.27. The van der Waals surface area contributed by atoms with E-state index in [0.717, 1.165) is 12.3 Å². The Hall–Kier alpha value is -2.98. The second kappa shape index (κ2) is 6.02. The maximum atomic E-state index is 12.6. The molecule has 0 radical (unpaired) electrons. The van der Waals surface area contributed by atoms with Crippen LogP contribution in [0.1, 0.15) is 27.6 Å². The van der Waals surface area contributed by atoms with E-state index in [4.69, 9.17) is 0 Å². The number of carbonyl (C=O) groups is 1. The van der Waals surface area contributed by atoms with Gasteiger partial charge in [-0.2, -0.15) is 13.2 Å². The van der Waals surface area contributed by atoms with Crippen molar-refractivity contribution in [2.75, 3.05) is 0 Å². The van der Waals surface area contributed by atoms with Crippen LogP contribution in [0.4, 0.5) is 13.2 Å². The molecule has 11 heteroatoms. The minimum Gasteiger partial charge on any atom is -0.345 e. The van der Waals surface area contributed by atoms with Crippen molar-refractivity contribution < 1.29 is 18.0 Å². The minimum atomic E-state index is -4.64. The van der Waals surface area contributed by atoms with Crippen LogP contribution in [-0.4, -0.2) is 25.8 Å². The van der Waals surface area contributed by atoms with E-state index in [1.165, 1.54) is 6.92 Å². The van der Waals surface area contributed by atoms with Gasteiger partial charge >= 0.3 is 11.9 Å². The topological polar surface area (TPSA) is 121 Å². The zero-order valence-corrected chi connectivity index (χ0v) is 11.6. The summed E-state index contributed by atoms with van der Waals surface area (Å²) in [5, 5.41) is 2.21. The first-order chi connectivity index (χ1) is 10.7. The standard InChI is InChI=1S/C12H10F3N5O3/c1-5-2-7(12(13,14)15)19-8(18-5)4-16-9(21)6-3-17-11(23)20-10(6)22/h2-3H,4H2,1H3,(H,16,21)(H2,17,20,22,23). The lowest BCUT2D eigenvalue weighted by Crippen LogP contribution is -2.33. The van der Waals surface area contributed by atoms with Gasteiger partial charge in [-0.1, -0.05) is 0 Å². The highest BCUT2D eigenvalue weighted by atomic mass is 19.4. The molecule has 0 aliphatic rings. The molecular formula is C12H10F3N5O3. The van der Waals surface area contributed by atoms with E-state index in [1.54, 1.807) is 0 Å². The smallest absolute Gasteiger partial charge is 0.345 e. The summed E-state index contributed by atoms with van der Waals surface area (Å²) in [4.78, 5) is 45.1. The van der Waals surface area contributed by atoms with Gasteiger partial charge in [0.25, 0.3) is 11.5 Å². The molecule has 122 valence electrons. The van der Waals surface area contributed by atoms with Crippen LogP contribution in [0.25, 0.3) is 0 Å². The fraction of sp³-hybridized carbons (Fsp3) is 0.250. The van der Waals surface area contributed by atoms with Crippen molar-refractivity contribution in [1.29, 1.82) is 0 Å². The van der Waals surface area contributed by atoms with E-state index >= 15 is 0 Å². The maximum Gasteiger partial charge on any atom is 0.433 e. The van der Waals surface area contributed by atoms with E-state index < -0.39 is 41.1 Å². The Morgan fingerprint density at radius 2 is 2.00 bits per heavy atom. The molecule has 0 bridgehead atoms. The van der Waals surface area contributed by atoms with Gasteiger partial charge in [0.15, 0.2) is 0 Å². The molecule has 0 aliphatic heterocycles. The second-order valence-corrected chi connectivity index (χ2v) is 4.48. The lowest BCUT2D eigenvalue weighted by atomic mass is 10.3. The predicted octanol–water partition coefficient (Wildman–Crippen LogP) is 0.110. The number of aryl methyl sites for hydroxylation is 1. The lowest BCUT2D eigenvalue weighted by molar-refractivity contribution is -0.141. The fourth-order valence-corrected chi connectivity index (χ4v) is 1.69. The van der Waals surface area contributed by atoms with Crippen LogP contribution < -0.4 is 16.6 Å². The van der Waals surface area contributed by atoms with Gasteiger partial charge in [0.2, 0.25) is 0 Å². The van der Waals surface area contributed by atoms with Gasteiger partial charge in [0.05, 0.1) is 6.54 Å². The number of alkyl halides is 3. The first kappa shape index (κ1) is 16.4. The van der Waals surface area contributed by atoms with Gasteiger partial charge in [0.1, 0.15) is 17.1 Å². The summed E-state index contributed by atoms with van der Waals surface area (Å²) in [7, 11) is 0. The summed E-state index contributed by atoms with van der Waals surface area (Å²) in [6.45, 7) is 0.942. The summed E-state index contributed by atoms with van der Waals surface area (Å²) in [5.74, 6) is -1.15. The average molecular weight is 329 g/mol. The molecule has 2 heterocycles. The number of amides is 1. The zero-order valence-electron chi connectivity index (χ0n) is 11.6. The number of aromatic amines is 2. The van der Waals surface area contributed by atoms with E-state index in [9.17, 15) is 27.6 Å². The maximum absolute atomic E-state index is 12.6. The molecular weight excluding hydrogens is 319 g/mol. The summed E-state index contributed by atoms with van der Waals surface area (Å²) in [5.41, 5.74) is -3.15. The van der Waals surface area contributed by atoms with Gasteiger partial charge in [-0.3, -0.25) is 14.6 Å². The highest BCUT2D eigenvalue weighted by molar-refractivity contribution is 5.93. The lowest BCUT2D eigenvalue weighted by Gasteiger charge is -2.09. The van der Waals surface area contributed by atoms with Crippen LogP contribution in [0.5, 0.6) is 0 Å². The molecule has 0 spiro atoms. The highest BCUT2D eigenvalue weighted by Gasteiger charge is 2.33. The summed E-state index contributed by atoms with van der Waals surface area (Å²) in [6.07, 6.45) is -3.74. The SMILES string of the molecule is Cc1cc(C(F)(F)F)nc(CNC(=O)c2c[nH]c(=O)[nH]c2=O)n1. The third-order valence-corrected chi connectivity index (χ3v) is 2.66. The Kier molecular flexibility index (Phi) is 4.29. The predicted molar refractivity (Wildman–Crippen MR) is 70.6 cm³/mol. The number of nitrogens with zero attached hydrogens (tertiary/aromatic N) is 2. The van der Waals surface area contributed by atoms with Gasteiger partial charge in [-0.15, -0.1) is 0 Å². The molecule has 23 heavy (non-hydrogen) atoms. The number of aromatic nitrogens is 4. The van der Waals surface area contributed by atoms with Gasteiger partial charge in [-0.25, -0.2) is 14.8 Å². The third kappa shape index (κ3) is 4.02. The van der Waals surface area contributed by atoms with Crippen molar-refractivity contribution in [2.45, 2.75) is 19.6 Å². The Labute approximate surface area is 125 Å². The molecule has 0 saturated carbocycles. The number of carbonyl (C=O) groups excluding carboxylic acids is 1. The van der Waals surface area contributed by atoms with Crippen molar-refractivity contribution in [1.82, 2.24) is 25.3 Å². The molecule has 0 aromatic carbocycles. The van der Waals surface area contributed by atoms with Gasteiger partial charge in [-0.05, 0) is 13.0 Å². The molecule has 0 aliphatic carbocycles. The number of nitrogens with one attached hydrogen (secondary N) is 3. The summed E-state index contributed by atoms with van der Waals surface area (Å²) in [6, 6.07) is 0.776. The molecule has 0 saturated heterocycles. The van der Waals surface area contributed by atoms with Crippen LogP contribution in [0, 0.1) is 6.92 Å². The van der Waals surface area contributed by atoms with E-state index in [0.29, 0.717) is 0 Å². The number of halogens is 3. The minimum absolute atomic E-state index is 0.0819. The molecule has 1 amide bonds. The van der Waals surface area contributed by atoms with Crippen LogP contribution in [0.3, 0.4) is 0 Å². The van der Waals surface area contributed by atoms with Crippen molar-refractivity contribution in [3.05, 3.63) is 55.9 Å². The van der Waals surface area contributed by atoms with Crippen LogP contribution in [0.2, 0.25) is 0 Å². The molecule has 0 fully saturated rings. The second-order valence-electron chi connectivity index (χ2n) is 4.48. The Morgan fingerprint density at radius 1 is 1.30 bits per heavy atom.